The summed E-state index contributed by atoms with van der Waals surface area (Å²) in [6, 6.07) is 4.41. The van der Waals surface area contributed by atoms with Crippen molar-refractivity contribution in [3.8, 4) is 17.1 Å². The van der Waals surface area contributed by atoms with Gasteiger partial charge in [-0.05, 0) is 44.2 Å². The van der Waals surface area contributed by atoms with Crippen LogP contribution >= 0.6 is 0 Å². The number of nitrogens with one attached hydrogen (secondary N) is 1. The molecule has 0 aromatic carbocycles. The smallest absolute Gasteiger partial charge is 0.411 e. The van der Waals surface area contributed by atoms with Gasteiger partial charge in [0, 0.05) is 84.0 Å². The fourth-order valence-corrected chi connectivity index (χ4v) is 7.40. The first-order valence-electron chi connectivity index (χ1n) is 18.1. The van der Waals surface area contributed by atoms with E-state index in [-0.39, 0.29) is 29.3 Å². The second-order valence-electron chi connectivity index (χ2n) is 16.8. The van der Waals surface area contributed by atoms with E-state index in [9.17, 15) is 18.0 Å². The average molecular weight is 782 g/mol. The third kappa shape index (κ3) is 12.2. The highest BCUT2D eigenvalue weighted by Crippen LogP contribution is 2.39. The molecule has 3 aromatic rings. The van der Waals surface area contributed by atoms with Gasteiger partial charge in [0.2, 0.25) is 0 Å². The Morgan fingerprint density at radius 2 is 1.75 bits per heavy atom. The number of nitrogens with zero attached hydrogens (tertiary/aromatic N) is 6. The molecule has 1 fully saturated rings. The van der Waals surface area contributed by atoms with E-state index in [1.165, 1.54) is 4.68 Å². The fourth-order valence-electron chi connectivity index (χ4n) is 5.58. The van der Waals surface area contributed by atoms with Crippen LogP contribution in [0.3, 0.4) is 0 Å². The Bertz CT molecular complexity index is 1720. The van der Waals surface area contributed by atoms with Crippen LogP contribution in [0.5, 0.6) is 5.75 Å². The number of ether oxygens (including phenoxy) is 3. The lowest BCUT2D eigenvalue weighted by molar-refractivity contribution is -0.185. The molecule has 1 N–H and O–H groups in total. The number of hydrogen-bond donors (Lipinski definition) is 1. The van der Waals surface area contributed by atoms with Crippen molar-refractivity contribution in [1.82, 2.24) is 29.2 Å². The van der Waals surface area contributed by atoms with E-state index in [0.29, 0.717) is 61.2 Å². The average Bonchev–Trinajstić information content (AvgIpc) is 3.55. The van der Waals surface area contributed by atoms with Gasteiger partial charge in [-0.2, -0.15) is 13.2 Å². The maximum atomic E-state index is 13.2. The second kappa shape index (κ2) is 17.1. The standard InChI is InChI=1S/C36H58F3N7O5Si2/c1-25(13-15-50-53(10,11)35(2,3)4)51-29-18-32(41-19-26(29)27-20-44(5)22-30(27)49-23-36(37,38)39)42-31-12-14-40-33(43-31)28-21-46(45(6)34(28)47)24-48-16-17-52(7,8)9/h12,14,18-19,21,25,27,30H,13,15-17,20,22-24H2,1-11H3,(H,40,41,42,43)/t25-,27?,30?/m0/s1. The summed E-state index contributed by atoms with van der Waals surface area (Å²) in [4.78, 5) is 28.7. The van der Waals surface area contributed by atoms with E-state index in [0.717, 1.165) is 6.04 Å². The van der Waals surface area contributed by atoms with Crippen molar-refractivity contribution in [3.63, 3.8) is 0 Å². The summed E-state index contributed by atoms with van der Waals surface area (Å²) < 4.78 is 66.9. The fraction of sp³-hybridized carbons (Fsp3) is 0.667. The molecular weight excluding hydrogens is 724 g/mol. The molecule has 0 spiro atoms. The summed E-state index contributed by atoms with van der Waals surface area (Å²) in [5, 5.41) is 3.26. The molecule has 0 saturated carbocycles. The Kier molecular flexibility index (Phi) is 13.8. The molecule has 17 heteroatoms. The Hall–Kier alpha value is -3.10. The number of hydrogen-bond acceptors (Lipinski definition) is 10. The lowest BCUT2D eigenvalue weighted by Crippen LogP contribution is -2.41. The number of likely N-dealkylation sites (N-methyl/N-ethyl adjacent to an activating group) is 1. The van der Waals surface area contributed by atoms with E-state index in [4.69, 9.17) is 18.6 Å². The molecule has 4 heterocycles. The first kappa shape index (κ1) is 42.6. The molecule has 0 aliphatic carbocycles. The van der Waals surface area contributed by atoms with E-state index in [2.05, 4.69) is 73.8 Å². The van der Waals surface area contributed by atoms with Gasteiger partial charge in [0.15, 0.2) is 14.1 Å². The van der Waals surface area contributed by atoms with E-state index in [1.54, 1.807) is 42.5 Å². The van der Waals surface area contributed by atoms with Gasteiger partial charge in [0.05, 0.1) is 12.2 Å². The predicted octanol–water partition coefficient (Wildman–Crippen LogP) is 7.25. The largest absolute Gasteiger partial charge is 0.490 e. The Morgan fingerprint density at radius 1 is 1.04 bits per heavy atom. The quantitative estimate of drug-likeness (QED) is 0.111. The maximum absolute atomic E-state index is 13.2. The van der Waals surface area contributed by atoms with Crippen molar-refractivity contribution in [3.05, 3.63) is 46.6 Å². The summed E-state index contributed by atoms with van der Waals surface area (Å²) in [5.74, 6) is 1.11. The minimum atomic E-state index is -4.44. The first-order valence-corrected chi connectivity index (χ1v) is 24.8. The molecule has 1 aliphatic heterocycles. The monoisotopic (exact) mass is 781 g/mol. The van der Waals surface area contributed by atoms with Crippen molar-refractivity contribution in [2.24, 2.45) is 7.05 Å². The van der Waals surface area contributed by atoms with Crippen LogP contribution in [0.15, 0.2) is 35.5 Å². The molecule has 3 atom stereocenters. The molecular formula is C36H58F3N7O5Si2. The number of aromatic nitrogens is 5. The van der Waals surface area contributed by atoms with Crippen LogP contribution < -0.4 is 15.6 Å². The second-order valence-corrected chi connectivity index (χ2v) is 27.2. The van der Waals surface area contributed by atoms with Gasteiger partial charge in [0.25, 0.3) is 5.56 Å². The van der Waals surface area contributed by atoms with Crippen LogP contribution in [0.2, 0.25) is 43.8 Å². The molecule has 4 rings (SSSR count). The topological polar surface area (TPSA) is 118 Å². The molecule has 0 amide bonds. The Balaban J connectivity index is 1.57. The Morgan fingerprint density at radius 3 is 2.42 bits per heavy atom. The van der Waals surface area contributed by atoms with Gasteiger partial charge < -0.3 is 28.9 Å². The van der Waals surface area contributed by atoms with Crippen LogP contribution in [0.25, 0.3) is 11.4 Å². The van der Waals surface area contributed by atoms with Gasteiger partial charge in [-0.3, -0.25) is 14.2 Å². The first-order chi connectivity index (χ1) is 24.5. The van der Waals surface area contributed by atoms with Gasteiger partial charge in [-0.25, -0.2) is 15.0 Å². The van der Waals surface area contributed by atoms with Crippen LogP contribution in [0.4, 0.5) is 24.8 Å². The number of rotatable bonds is 17. The molecule has 53 heavy (non-hydrogen) atoms. The zero-order valence-electron chi connectivity index (χ0n) is 33.1. The minimum Gasteiger partial charge on any atom is -0.490 e. The SMILES string of the molecule is C[C@@H](CCO[Si](C)(C)C(C)(C)C)Oc1cc(Nc2ccnc(-c3cn(COCC[Si](C)(C)C)n(C)c3=O)n2)ncc1C1CN(C)CC1OCC(F)(F)F. The number of likely N-dealkylation sites (tertiary alicyclic amines) is 1. The van der Waals surface area contributed by atoms with Gasteiger partial charge in [-0.15, -0.1) is 0 Å². The van der Waals surface area contributed by atoms with Crippen LogP contribution in [0, 0.1) is 0 Å². The van der Waals surface area contributed by atoms with Crippen LogP contribution in [0.1, 0.15) is 45.6 Å². The third-order valence-electron chi connectivity index (χ3n) is 9.89. The molecule has 0 radical (unpaired) electrons. The summed E-state index contributed by atoms with van der Waals surface area (Å²) in [6.07, 6.45) is 0.0628. The van der Waals surface area contributed by atoms with Crippen LogP contribution in [-0.4, -0.2) is 104 Å². The van der Waals surface area contributed by atoms with E-state index >= 15 is 0 Å². The number of alkyl halides is 3. The Labute approximate surface area is 313 Å². The summed E-state index contributed by atoms with van der Waals surface area (Å²) in [6.45, 7) is 20.6. The van der Waals surface area contributed by atoms with Crippen molar-refractivity contribution < 1.29 is 31.8 Å². The molecule has 2 unspecified atom stereocenters. The van der Waals surface area contributed by atoms with E-state index in [1.807, 2.05) is 18.9 Å². The highest BCUT2D eigenvalue weighted by molar-refractivity contribution is 6.76. The zero-order valence-corrected chi connectivity index (χ0v) is 35.1. The van der Waals surface area contributed by atoms with Crippen molar-refractivity contribution in [2.45, 2.75) is 109 Å². The number of pyridine rings is 1. The number of halogens is 3. The summed E-state index contributed by atoms with van der Waals surface area (Å²) in [7, 11) is 0.302. The number of anilines is 2. The lowest BCUT2D eigenvalue weighted by Gasteiger charge is -2.36. The normalized spacial score (nSPS) is 18.1. The highest BCUT2D eigenvalue weighted by atomic mass is 28.4. The molecule has 1 aliphatic rings. The predicted molar refractivity (Wildman–Crippen MR) is 206 cm³/mol. The molecule has 296 valence electrons. The van der Waals surface area contributed by atoms with Gasteiger partial charge >= 0.3 is 6.18 Å². The summed E-state index contributed by atoms with van der Waals surface area (Å²) >= 11 is 0. The minimum absolute atomic E-state index is 0.0646. The lowest BCUT2D eigenvalue weighted by atomic mass is 9.96. The molecule has 12 nitrogen and oxygen atoms in total. The molecule has 1 saturated heterocycles. The van der Waals surface area contributed by atoms with Gasteiger partial charge in [0.1, 0.15) is 36.3 Å². The van der Waals surface area contributed by atoms with Gasteiger partial charge in [-0.1, -0.05) is 40.4 Å². The molecule has 0 bridgehead atoms. The van der Waals surface area contributed by atoms with Crippen LogP contribution in [-0.2, 0) is 27.7 Å². The molecule has 3 aromatic heterocycles. The van der Waals surface area contributed by atoms with Crippen molar-refractivity contribution in [1.29, 1.82) is 0 Å². The summed E-state index contributed by atoms with van der Waals surface area (Å²) in [5.41, 5.74) is 0.718. The van der Waals surface area contributed by atoms with Crippen molar-refractivity contribution in [2.75, 3.05) is 45.3 Å². The zero-order chi connectivity index (χ0) is 39.4. The third-order valence-corrected chi connectivity index (χ3v) is 16.1. The van der Waals surface area contributed by atoms with Crippen molar-refractivity contribution >= 4 is 28.0 Å². The van der Waals surface area contributed by atoms with E-state index < -0.39 is 41.2 Å². The maximum Gasteiger partial charge on any atom is 0.411 e. The highest BCUT2D eigenvalue weighted by Gasteiger charge is 2.39.